The fourth-order valence-corrected chi connectivity index (χ4v) is 10.3. The van der Waals surface area contributed by atoms with Gasteiger partial charge in [-0.05, 0) is 98.2 Å². The molecule has 13 nitrogen and oxygen atoms in total. The molecule has 0 spiro atoms. The van der Waals surface area contributed by atoms with Crippen molar-refractivity contribution in [2.45, 2.75) is 128 Å². The monoisotopic (exact) mass is 911 g/mol. The van der Waals surface area contributed by atoms with Gasteiger partial charge in [0.2, 0.25) is 17.7 Å². The summed E-state index contributed by atoms with van der Waals surface area (Å²) in [5.74, 6) is -0.211. The third kappa shape index (κ3) is 15.8. The summed E-state index contributed by atoms with van der Waals surface area (Å²) in [6.07, 6.45) is 6.92. The van der Waals surface area contributed by atoms with Gasteiger partial charge in [-0.15, -0.1) is 11.3 Å². The SMILES string of the molecule is CCCO[C@H](C[C@H](C(C)C)N(C)C(=O)[C@@H](NC(=O)[C@H]1CCCCN1C)C(C)CC)c1nc(C(=O)N[C@@H](Cc2ccc(O)cc2)C[C@H](C)C(=O)NCCSSc2ccccn2)cs1. The van der Waals surface area contributed by atoms with Crippen molar-refractivity contribution in [3.05, 3.63) is 70.3 Å². The second kappa shape index (κ2) is 26.2. The van der Waals surface area contributed by atoms with Crippen molar-refractivity contribution in [2.75, 3.05) is 39.5 Å². The molecular formula is C46H69N7O6S3. The molecule has 4 rings (SSSR count). The fraction of sp³-hybridized carbons (Fsp3) is 0.609. The first kappa shape index (κ1) is 50.9. The lowest BCUT2D eigenvalue weighted by Crippen LogP contribution is -2.58. The molecule has 4 amide bonds. The molecule has 1 fully saturated rings. The maximum absolute atomic E-state index is 14.4. The molecule has 0 radical (unpaired) electrons. The van der Waals surface area contributed by atoms with E-state index in [1.54, 1.807) is 50.2 Å². The molecule has 1 saturated heterocycles. The predicted molar refractivity (Wildman–Crippen MR) is 251 cm³/mol. The molecule has 0 bridgehead atoms. The van der Waals surface area contributed by atoms with Crippen LogP contribution in [-0.4, -0.2) is 112 Å². The van der Waals surface area contributed by atoms with E-state index in [4.69, 9.17) is 9.72 Å². The first-order chi connectivity index (χ1) is 29.7. The van der Waals surface area contributed by atoms with E-state index < -0.39 is 24.1 Å². The number of aromatic nitrogens is 2. The first-order valence-electron chi connectivity index (χ1n) is 22.1. The molecule has 16 heteroatoms. The van der Waals surface area contributed by atoms with Crippen LogP contribution in [0.4, 0.5) is 0 Å². The minimum atomic E-state index is -0.664. The lowest BCUT2D eigenvalue weighted by molar-refractivity contribution is -0.141. The number of hydrogen-bond donors (Lipinski definition) is 4. The second-order valence-corrected chi connectivity index (χ2v) is 20.2. The zero-order valence-corrected chi connectivity index (χ0v) is 40.3. The number of likely N-dealkylation sites (tertiary alicyclic amines) is 1. The summed E-state index contributed by atoms with van der Waals surface area (Å²) < 4.78 is 6.42. The number of ether oxygens (including phenoxy) is 1. The van der Waals surface area contributed by atoms with Gasteiger partial charge in [0.1, 0.15) is 33.6 Å². The van der Waals surface area contributed by atoms with E-state index in [1.165, 1.54) is 11.3 Å². The van der Waals surface area contributed by atoms with E-state index in [1.807, 2.05) is 72.1 Å². The van der Waals surface area contributed by atoms with Crippen LogP contribution in [0, 0.1) is 17.8 Å². The summed E-state index contributed by atoms with van der Waals surface area (Å²) in [7, 11) is 6.98. The van der Waals surface area contributed by atoms with Gasteiger partial charge in [0.05, 0.1) is 6.04 Å². The average molecular weight is 912 g/mol. The number of pyridine rings is 1. The van der Waals surface area contributed by atoms with Crippen LogP contribution in [0.2, 0.25) is 0 Å². The molecule has 342 valence electrons. The Kier molecular flexibility index (Phi) is 21.5. The van der Waals surface area contributed by atoms with E-state index in [0.717, 1.165) is 49.2 Å². The molecule has 3 aromatic rings. The number of piperidine rings is 1. The second-order valence-electron chi connectivity index (χ2n) is 16.8. The number of phenolic OH excluding ortho intramolecular Hbond substituents is 1. The quantitative estimate of drug-likeness (QED) is 0.0491. The van der Waals surface area contributed by atoms with Crippen molar-refractivity contribution >= 4 is 56.6 Å². The van der Waals surface area contributed by atoms with Crippen molar-refractivity contribution in [2.24, 2.45) is 17.8 Å². The lowest BCUT2D eigenvalue weighted by atomic mass is 9.92. The smallest absolute Gasteiger partial charge is 0.270 e. The van der Waals surface area contributed by atoms with Crippen LogP contribution in [0.25, 0.3) is 0 Å². The van der Waals surface area contributed by atoms with Crippen LogP contribution in [0.1, 0.15) is 114 Å². The number of nitrogens with one attached hydrogen (secondary N) is 3. The normalized spacial score (nSPS) is 17.3. The van der Waals surface area contributed by atoms with Crippen LogP contribution in [0.5, 0.6) is 5.75 Å². The van der Waals surface area contributed by atoms with E-state index >= 15 is 0 Å². The van der Waals surface area contributed by atoms with Crippen LogP contribution in [0.15, 0.2) is 59.1 Å². The van der Waals surface area contributed by atoms with E-state index in [-0.39, 0.29) is 59.0 Å². The molecule has 1 aliphatic heterocycles. The van der Waals surface area contributed by atoms with Crippen molar-refractivity contribution < 1.29 is 29.0 Å². The molecule has 4 N–H and O–H groups in total. The van der Waals surface area contributed by atoms with Gasteiger partial charge < -0.3 is 30.7 Å². The summed E-state index contributed by atoms with van der Waals surface area (Å²) in [6, 6.07) is 11.1. The van der Waals surface area contributed by atoms with Crippen molar-refractivity contribution in [1.82, 2.24) is 35.7 Å². The van der Waals surface area contributed by atoms with E-state index in [0.29, 0.717) is 43.2 Å². The van der Waals surface area contributed by atoms with Gasteiger partial charge in [-0.2, -0.15) is 0 Å². The molecule has 1 aliphatic rings. The maximum Gasteiger partial charge on any atom is 0.270 e. The van der Waals surface area contributed by atoms with Crippen LogP contribution in [-0.2, 0) is 25.5 Å². The lowest BCUT2D eigenvalue weighted by Gasteiger charge is -2.38. The minimum Gasteiger partial charge on any atom is -0.508 e. The van der Waals surface area contributed by atoms with Crippen LogP contribution >= 0.6 is 32.9 Å². The molecule has 2 aromatic heterocycles. The molecule has 0 saturated carbocycles. The number of phenols is 1. The number of hydrogen-bond acceptors (Lipinski definition) is 12. The Bertz CT molecular complexity index is 1830. The van der Waals surface area contributed by atoms with Gasteiger partial charge >= 0.3 is 0 Å². The Morgan fingerprint density at radius 1 is 1.03 bits per heavy atom. The highest BCUT2D eigenvalue weighted by Gasteiger charge is 2.37. The van der Waals surface area contributed by atoms with Crippen LogP contribution in [0.3, 0.4) is 0 Å². The molecule has 7 atom stereocenters. The maximum atomic E-state index is 14.4. The number of benzene rings is 1. The Morgan fingerprint density at radius 2 is 1.79 bits per heavy atom. The number of carbonyl (C=O) groups excluding carboxylic acids is 4. The number of nitrogens with zero attached hydrogens (tertiary/aromatic N) is 4. The van der Waals surface area contributed by atoms with Crippen LogP contribution < -0.4 is 16.0 Å². The average Bonchev–Trinajstić information content (AvgIpc) is 3.76. The fourth-order valence-electron chi connectivity index (χ4n) is 7.65. The number of rotatable bonds is 25. The minimum absolute atomic E-state index is 0.0567. The van der Waals surface area contributed by atoms with Gasteiger partial charge in [0.25, 0.3) is 5.91 Å². The van der Waals surface area contributed by atoms with E-state index in [9.17, 15) is 24.3 Å². The highest BCUT2D eigenvalue weighted by atomic mass is 33.1. The molecule has 1 aromatic carbocycles. The molecule has 3 heterocycles. The summed E-state index contributed by atoms with van der Waals surface area (Å²) in [5.41, 5.74) is 1.16. The third-order valence-corrected chi connectivity index (χ3v) is 14.8. The number of likely N-dealkylation sites (N-methyl/N-ethyl adjacent to an activating group) is 2. The Balaban J connectivity index is 1.45. The topological polar surface area (TPSA) is 166 Å². The summed E-state index contributed by atoms with van der Waals surface area (Å²) >= 11 is 1.35. The van der Waals surface area contributed by atoms with Crippen molar-refractivity contribution in [1.29, 1.82) is 0 Å². The van der Waals surface area contributed by atoms with Gasteiger partial charge in [-0.3, -0.25) is 24.1 Å². The Labute approximate surface area is 381 Å². The molecule has 62 heavy (non-hydrogen) atoms. The molecule has 0 aliphatic carbocycles. The zero-order valence-electron chi connectivity index (χ0n) is 37.8. The van der Waals surface area contributed by atoms with E-state index in [2.05, 4.69) is 39.7 Å². The zero-order chi connectivity index (χ0) is 45.2. The summed E-state index contributed by atoms with van der Waals surface area (Å²) in [5, 5.41) is 22.5. The first-order valence-corrected chi connectivity index (χ1v) is 25.3. The third-order valence-electron chi connectivity index (χ3n) is 11.6. The van der Waals surface area contributed by atoms with Gasteiger partial charge in [0, 0.05) is 62.0 Å². The molecular weight excluding hydrogens is 843 g/mol. The van der Waals surface area contributed by atoms with Crippen molar-refractivity contribution in [3.8, 4) is 5.75 Å². The number of aromatic hydroxyl groups is 1. The summed E-state index contributed by atoms with van der Waals surface area (Å²) in [6.45, 7) is 13.9. The van der Waals surface area contributed by atoms with Gasteiger partial charge in [-0.25, -0.2) is 9.97 Å². The Morgan fingerprint density at radius 3 is 2.45 bits per heavy atom. The predicted octanol–water partition coefficient (Wildman–Crippen LogP) is 7.52. The Hall–Kier alpha value is -3.70. The number of carbonyl (C=O) groups is 4. The highest BCUT2D eigenvalue weighted by molar-refractivity contribution is 8.76. The standard InChI is InChI=1S/C46H69N7O6S3/c1-9-24-59-39(28-38(30(3)4)53(8)46(58)41(31(5)10-2)51-44(57)37-15-12-14-23-52(37)7)45-50-36(29-60-45)43(56)49-34(27-33-17-19-35(54)20-18-33)26-32(6)42(55)48-22-25-61-62-40-16-11-13-21-47-40/h11,13,16-21,29-32,34,37-39,41,54H,9-10,12,14-15,22-28H2,1-8H3,(H,48,55)(H,49,56)(H,51,57)/t31?,32-,34+,37+,38+,39+,41-/m0/s1. The van der Waals surface area contributed by atoms with Gasteiger partial charge in [0.15, 0.2) is 0 Å². The van der Waals surface area contributed by atoms with Gasteiger partial charge in [-0.1, -0.05) is 83.4 Å². The molecule has 1 unspecified atom stereocenters. The largest absolute Gasteiger partial charge is 0.508 e. The highest BCUT2D eigenvalue weighted by Crippen LogP contribution is 2.32. The number of amides is 4. The van der Waals surface area contributed by atoms with Crippen molar-refractivity contribution in [3.63, 3.8) is 0 Å². The summed E-state index contributed by atoms with van der Waals surface area (Å²) in [4.78, 5) is 68.0. The number of thiazole rings is 1.